The number of halogens is 1. The smallest absolute Gasteiger partial charge is 0.251 e. The maximum absolute atomic E-state index is 13.7. The van der Waals surface area contributed by atoms with Gasteiger partial charge in [0, 0.05) is 17.5 Å². The van der Waals surface area contributed by atoms with Gasteiger partial charge in [-0.25, -0.2) is 14.1 Å². The van der Waals surface area contributed by atoms with Crippen molar-refractivity contribution in [2.45, 2.75) is 26.4 Å². The predicted molar refractivity (Wildman–Crippen MR) is 85.8 cm³/mol. The Bertz CT molecular complexity index is 856. The molecule has 3 aromatic rings. The van der Waals surface area contributed by atoms with Gasteiger partial charge in [-0.3, -0.25) is 14.8 Å². The van der Waals surface area contributed by atoms with E-state index in [1.165, 1.54) is 17.1 Å². The van der Waals surface area contributed by atoms with Gasteiger partial charge in [0.25, 0.3) is 5.91 Å². The maximum atomic E-state index is 13.7. The third-order valence-corrected chi connectivity index (χ3v) is 3.68. The SMILES string of the molecule is Cc1ccnn1C(C)C(=O)Nc1ncn(Cc2ccccc2F)n1. The molecule has 0 radical (unpaired) electrons. The van der Waals surface area contributed by atoms with Crippen LogP contribution in [0.1, 0.15) is 24.2 Å². The average molecular weight is 328 g/mol. The Labute approximate surface area is 138 Å². The van der Waals surface area contributed by atoms with Crippen molar-refractivity contribution >= 4 is 11.9 Å². The molecule has 0 spiro atoms. The largest absolute Gasteiger partial charge is 0.291 e. The van der Waals surface area contributed by atoms with Gasteiger partial charge in [-0.15, -0.1) is 5.10 Å². The minimum absolute atomic E-state index is 0.174. The molecule has 8 heteroatoms. The van der Waals surface area contributed by atoms with E-state index in [1.807, 2.05) is 13.0 Å². The van der Waals surface area contributed by atoms with Gasteiger partial charge in [0.1, 0.15) is 18.2 Å². The molecule has 7 nitrogen and oxygen atoms in total. The summed E-state index contributed by atoms with van der Waals surface area (Å²) < 4.78 is 16.7. The van der Waals surface area contributed by atoms with Crippen molar-refractivity contribution in [2.24, 2.45) is 0 Å². The van der Waals surface area contributed by atoms with Gasteiger partial charge in [0.2, 0.25) is 5.95 Å². The molecular formula is C16H17FN6O. The van der Waals surface area contributed by atoms with Gasteiger partial charge in [0.05, 0.1) is 6.54 Å². The van der Waals surface area contributed by atoms with Crippen LogP contribution in [0.15, 0.2) is 42.9 Å². The Morgan fingerprint density at radius 1 is 1.33 bits per heavy atom. The summed E-state index contributed by atoms with van der Waals surface area (Å²) >= 11 is 0. The minimum Gasteiger partial charge on any atom is -0.291 e. The van der Waals surface area contributed by atoms with Crippen molar-refractivity contribution in [3.05, 3.63) is 59.9 Å². The number of hydrogen-bond donors (Lipinski definition) is 1. The fourth-order valence-corrected chi connectivity index (χ4v) is 2.34. The number of rotatable bonds is 5. The maximum Gasteiger partial charge on any atom is 0.251 e. The van der Waals surface area contributed by atoms with Crippen LogP contribution in [0.5, 0.6) is 0 Å². The van der Waals surface area contributed by atoms with Crippen LogP contribution in [0.2, 0.25) is 0 Å². The Hall–Kier alpha value is -3.03. The summed E-state index contributed by atoms with van der Waals surface area (Å²) in [5.41, 5.74) is 1.39. The molecule has 124 valence electrons. The second-order valence-electron chi connectivity index (χ2n) is 5.44. The van der Waals surface area contributed by atoms with Crippen LogP contribution in [-0.4, -0.2) is 30.5 Å². The first-order valence-corrected chi connectivity index (χ1v) is 7.48. The molecule has 1 amide bonds. The van der Waals surface area contributed by atoms with E-state index >= 15 is 0 Å². The minimum atomic E-state index is -0.487. The Morgan fingerprint density at radius 2 is 2.12 bits per heavy atom. The molecule has 0 fully saturated rings. The fraction of sp³-hybridized carbons (Fsp3) is 0.250. The lowest BCUT2D eigenvalue weighted by molar-refractivity contribution is -0.119. The van der Waals surface area contributed by atoms with E-state index in [2.05, 4.69) is 20.5 Å². The molecule has 0 bridgehead atoms. The number of hydrogen-bond acceptors (Lipinski definition) is 4. The third kappa shape index (κ3) is 3.32. The van der Waals surface area contributed by atoms with Crippen LogP contribution >= 0.6 is 0 Å². The van der Waals surface area contributed by atoms with Crippen LogP contribution in [0.4, 0.5) is 10.3 Å². The summed E-state index contributed by atoms with van der Waals surface area (Å²) in [7, 11) is 0. The second-order valence-corrected chi connectivity index (χ2v) is 5.44. The van der Waals surface area contributed by atoms with E-state index < -0.39 is 6.04 Å². The lowest BCUT2D eigenvalue weighted by Gasteiger charge is -2.12. The summed E-state index contributed by atoms with van der Waals surface area (Å²) in [5, 5.41) is 10.9. The molecule has 0 aliphatic carbocycles. The average Bonchev–Trinajstić information content (AvgIpc) is 3.18. The van der Waals surface area contributed by atoms with E-state index in [-0.39, 0.29) is 24.2 Å². The highest BCUT2D eigenvalue weighted by Gasteiger charge is 2.18. The van der Waals surface area contributed by atoms with E-state index in [0.717, 1.165) is 5.69 Å². The summed E-state index contributed by atoms with van der Waals surface area (Å²) in [4.78, 5) is 16.3. The van der Waals surface area contributed by atoms with Gasteiger partial charge < -0.3 is 0 Å². The van der Waals surface area contributed by atoms with E-state index in [0.29, 0.717) is 5.56 Å². The molecule has 1 unspecified atom stereocenters. The zero-order chi connectivity index (χ0) is 17.1. The highest BCUT2D eigenvalue weighted by atomic mass is 19.1. The van der Waals surface area contributed by atoms with Crippen LogP contribution in [0, 0.1) is 12.7 Å². The first-order chi connectivity index (χ1) is 11.5. The molecule has 24 heavy (non-hydrogen) atoms. The van der Waals surface area contributed by atoms with E-state index in [1.54, 1.807) is 36.0 Å². The number of nitrogens with zero attached hydrogens (tertiary/aromatic N) is 5. The summed E-state index contributed by atoms with van der Waals surface area (Å²) in [6, 6.07) is 7.79. The molecule has 0 saturated heterocycles. The van der Waals surface area contributed by atoms with E-state index in [4.69, 9.17) is 0 Å². The van der Waals surface area contributed by atoms with Crippen LogP contribution in [-0.2, 0) is 11.3 Å². The molecule has 0 aliphatic rings. The number of carbonyl (C=O) groups excluding carboxylic acids is 1. The normalized spacial score (nSPS) is 12.1. The number of anilines is 1. The molecule has 0 saturated carbocycles. The van der Waals surface area contributed by atoms with Crippen molar-refractivity contribution in [1.82, 2.24) is 24.5 Å². The molecule has 0 aliphatic heterocycles. The lowest BCUT2D eigenvalue weighted by atomic mass is 10.2. The van der Waals surface area contributed by atoms with Crippen molar-refractivity contribution in [2.75, 3.05) is 5.32 Å². The van der Waals surface area contributed by atoms with Gasteiger partial charge >= 0.3 is 0 Å². The fourth-order valence-electron chi connectivity index (χ4n) is 2.34. The standard InChI is InChI=1S/C16H17FN6O/c1-11-7-8-19-23(11)12(2)15(24)20-16-18-10-22(21-16)9-13-5-3-4-6-14(13)17/h3-8,10,12H,9H2,1-2H3,(H,20,21,24). The molecular weight excluding hydrogens is 311 g/mol. The quantitative estimate of drug-likeness (QED) is 0.778. The van der Waals surface area contributed by atoms with Crippen molar-refractivity contribution in [3.8, 4) is 0 Å². The molecule has 1 N–H and O–H groups in total. The first kappa shape index (κ1) is 15.9. The summed E-state index contributed by atoms with van der Waals surface area (Å²) in [6.07, 6.45) is 3.09. The molecule has 2 heterocycles. The number of nitrogens with one attached hydrogen (secondary N) is 1. The first-order valence-electron chi connectivity index (χ1n) is 7.48. The van der Waals surface area contributed by atoms with Crippen molar-refractivity contribution < 1.29 is 9.18 Å². The van der Waals surface area contributed by atoms with Crippen molar-refractivity contribution in [1.29, 1.82) is 0 Å². The Morgan fingerprint density at radius 3 is 2.83 bits per heavy atom. The molecule has 1 atom stereocenters. The number of aryl methyl sites for hydroxylation is 1. The monoisotopic (exact) mass is 328 g/mol. The molecule has 3 rings (SSSR count). The zero-order valence-electron chi connectivity index (χ0n) is 13.3. The van der Waals surface area contributed by atoms with E-state index in [9.17, 15) is 9.18 Å². The van der Waals surface area contributed by atoms with Crippen LogP contribution in [0.25, 0.3) is 0 Å². The third-order valence-electron chi connectivity index (χ3n) is 3.68. The predicted octanol–water partition coefficient (Wildman–Crippen LogP) is 2.17. The Kier molecular flexibility index (Phi) is 4.37. The number of amides is 1. The van der Waals surface area contributed by atoms with Crippen molar-refractivity contribution in [3.63, 3.8) is 0 Å². The van der Waals surface area contributed by atoms with Crippen LogP contribution in [0.3, 0.4) is 0 Å². The summed E-state index contributed by atoms with van der Waals surface area (Å²) in [6.45, 7) is 3.85. The highest BCUT2D eigenvalue weighted by molar-refractivity contribution is 5.91. The highest BCUT2D eigenvalue weighted by Crippen LogP contribution is 2.12. The molecule has 2 aromatic heterocycles. The molecule has 1 aromatic carbocycles. The van der Waals surface area contributed by atoms with Gasteiger partial charge in [-0.05, 0) is 26.0 Å². The topological polar surface area (TPSA) is 77.6 Å². The van der Waals surface area contributed by atoms with Gasteiger partial charge in [-0.2, -0.15) is 5.10 Å². The lowest BCUT2D eigenvalue weighted by Crippen LogP contribution is -2.25. The zero-order valence-corrected chi connectivity index (χ0v) is 13.3. The van der Waals surface area contributed by atoms with Gasteiger partial charge in [0.15, 0.2) is 0 Å². The van der Waals surface area contributed by atoms with Gasteiger partial charge in [-0.1, -0.05) is 18.2 Å². The number of carbonyl (C=O) groups is 1. The Balaban J connectivity index is 1.67. The number of benzene rings is 1. The second kappa shape index (κ2) is 6.61. The number of aromatic nitrogens is 5. The van der Waals surface area contributed by atoms with Crippen LogP contribution < -0.4 is 5.32 Å². The summed E-state index contributed by atoms with van der Waals surface area (Å²) in [5.74, 6) is -0.403.